The van der Waals surface area contributed by atoms with Crippen LogP contribution in [0.25, 0.3) is 5.69 Å². The van der Waals surface area contributed by atoms with Crippen molar-refractivity contribution in [2.45, 2.75) is 33.1 Å². The van der Waals surface area contributed by atoms with Crippen LogP contribution in [0.1, 0.15) is 33.4 Å². The van der Waals surface area contributed by atoms with E-state index in [1.54, 1.807) is 35.9 Å². The molecule has 0 unspecified atom stereocenters. The van der Waals surface area contributed by atoms with Gasteiger partial charge in [0.25, 0.3) is 0 Å². The van der Waals surface area contributed by atoms with Gasteiger partial charge in [-0.25, -0.2) is 9.48 Å². The van der Waals surface area contributed by atoms with E-state index in [1.165, 1.54) is 4.90 Å². The summed E-state index contributed by atoms with van der Waals surface area (Å²) in [4.78, 5) is 27.0. The smallest absolute Gasteiger partial charge is 0.315 e. The van der Waals surface area contributed by atoms with E-state index in [9.17, 15) is 9.59 Å². The number of hydrogen-bond acceptors (Lipinski definition) is 3. The molecule has 3 aromatic rings. The minimum atomic E-state index is -0.439. The number of para-hydroxylation sites is 1. The molecule has 0 bridgehead atoms. The molecule has 1 aromatic heterocycles. The van der Waals surface area contributed by atoms with Gasteiger partial charge in [-0.1, -0.05) is 67.7 Å². The predicted octanol–water partition coefficient (Wildman–Crippen LogP) is 6.62. The lowest BCUT2D eigenvalue weighted by atomic mass is 9.92. The zero-order valence-electron chi connectivity index (χ0n) is 19.3. The number of aromatic nitrogens is 2. The van der Waals surface area contributed by atoms with Crippen molar-refractivity contribution in [3.05, 3.63) is 69.3 Å². The lowest BCUT2D eigenvalue weighted by Crippen LogP contribution is -2.40. The highest BCUT2D eigenvalue weighted by molar-refractivity contribution is 6.42. The highest BCUT2D eigenvalue weighted by Gasteiger charge is 2.23. The zero-order valence-corrected chi connectivity index (χ0v) is 21.6. The van der Waals surface area contributed by atoms with E-state index < -0.39 is 6.03 Å². The van der Waals surface area contributed by atoms with Crippen molar-refractivity contribution in [1.29, 1.82) is 0 Å². The molecule has 2 N–H and O–H groups in total. The molecule has 0 atom stereocenters. The van der Waals surface area contributed by atoms with E-state index in [-0.39, 0.29) is 17.9 Å². The Balaban J connectivity index is 1.78. The minimum Gasteiger partial charge on any atom is -0.315 e. The molecule has 2 aromatic carbocycles. The third kappa shape index (κ3) is 6.23. The number of amides is 3. The summed E-state index contributed by atoms with van der Waals surface area (Å²) in [7, 11) is 0. The van der Waals surface area contributed by atoms with Crippen molar-refractivity contribution in [3.8, 4) is 5.69 Å². The number of anilines is 2. The number of carbonyl (C=O) groups is 2. The van der Waals surface area contributed by atoms with Gasteiger partial charge in [0.05, 0.1) is 26.4 Å². The van der Waals surface area contributed by atoms with Crippen molar-refractivity contribution < 1.29 is 9.59 Å². The summed E-state index contributed by atoms with van der Waals surface area (Å²) in [6, 6.07) is 13.4. The van der Waals surface area contributed by atoms with Crippen LogP contribution in [0.5, 0.6) is 0 Å². The van der Waals surface area contributed by atoms with Crippen LogP contribution in [0, 0.1) is 0 Å². The number of benzene rings is 2. The molecule has 180 valence electrons. The van der Waals surface area contributed by atoms with E-state index in [2.05, 4.69) is 15.7 Å². The van der Waals surface area contributed by atoms with Crippen molar-refractivity contribution in [3.63, 3.8) is 0 Å². The Morgan fingerprint density at radius 1 is 0.971 bits per heavy atom. The van der Waals surface area contributed by atoms with Gasteiger partial charge in [-0.15, -0.1) is 0 Å². The van der Waals surface area contributed by atoms with Crippen LogP contribution in [-0.2, 0) is 10.2 Å². The zero-order chi connectivity index (χ0) is 25.0. The fourth-order valence-electron chi connectivity index (χ4n) is 3.10. The number of nitrogens with one attached hydrogen (secondary N) is 2. The van der Waals surface area contributed by atoms with Crippen LogP contribution < -0.4 is 10.6 Å². The van der Waals surface area contributed by atoms with E-state index in [1.807, 2.05) is 45.0 Å². The number of rotatable bonds is 6. The monoisotopic (exact) mass is 521 g/mol. The van der Waals surface area contributed by atoms with Gasteiger partial charge >= 0.3 is 6.03 Å². The summed E-state index contributed by atoms with van der Waals surface area (Å²) in [5, 5.41) is 11.5. The SMILES string of the molecule is CCN(CC(=O)Nc1cc(C(C)(C)C)nn1-c1ccccc1Cl)C(=O)Nc1ccc(Cl)c(Cl)c1. The highest BCUT2D eigenvalue weighted by Crippen LogP contribution is 2.29. The lowest BCUT2D eigenvalue weighted by molar-refractivity contribution is -0.116. The van der Waals surface area contributed by atoms with Gasteiger partial charge in [0.2, 0.25) is 5.91 Å². The Labute approximate surface area is 214 Å². The first kappa shape index (κ1) is 25.9. The van der Waals surface area contributed by atoms with Gasteiger partial charge in [-0.3, -0.25) is 4.79 Å². The van der Waals surface area contributed by atoms with Crippen molar-refractivity contribution in [2.24, 2.45) is 0 Å². The van der Waals surface area contributed by atoms with E-state index >= 15 is 0 Å². The molecule has 3 rings (SSSR count). The summed E-state index contributed by atoms with van der Waals surface area (Å²) in [5.74, 6) is 0.0868. The molecule has 0 aliphatic heterocycles. The third-order valence-electron chi connectivity index (χ3n) is 5.00. The third-order valence-corrected chi connectivity index (χ3v) is 6.06. The quantitative estimate of drug-likeness (QED) is 0.382. The molecule has 0 fully saturated rings. The van der Waals surface area contributed by atoms with E-state index in [4.69, 9.17) is 34.8 Å². The Hall–Kier alpha value is -2.74. The van der Waals surface area contributed by atoms with Gasteiger partial charge in [0.1, 0.15) is 12.4 Å². The van der Waals surface area contributed by atoms with Crippen LogP contribution in [0.4, 0.5) is 16.3 Å². The number of halogens is 3. The molecule has 7 nitrogen and oxygen atoms in total. The fraction of sp³-hybridized carbons (Fsp3) is 0.292. The van der Waals surface area contributed by atoms with Crippen molar-refractivity contribution in [1.82, 2.24) is 14.7 Å². The van der Waals surface area contributed by atoms with Gasteiger partial charge < -0.3 is 15.5 Å². The number of hydrogen-bond donors (Lipinski definition) is 2. The van der Waals surface area contributed by atoms with Gasteiger partial charge in [0.15, 0.2) is 0 Å². The molecule has 3 amide bonds. The number of nitrogens with zero attached hydrogens (tertiary/aromatic N) is 3. The van der Waals surface area contributed by atoms with E-state index in [0.29, 0.717) is 38.8 Å². The molecular formula is C24H26Cl3N5O2. The van der Waals surface area contributed by atoms with Gasteiger partial charge in [-0.2, -0.15) is 5.10 Å². The predicted molar refractivity (Wildman–Crippen MR) is 139 cm³/mol. The van der Waals surface area contributed by atoms with Gasteiger partial charge in [0, 0.05) is 23.7 Å². The summed E-state index contributed by atoms with van der Waals surface area (Å²) >= 11 is 18.3. The molecule has 0 spiro atoms. The van der Waals surface area contributed by atoms with Crippen molar-refractivity contribution >= 4 is 58.2 Å². The second-order valence-corrected chi connectivity index (χ2v) is 9.87. The maximum Gasteiger partial charge on any atom is 0.322 e. The molecule has 0 saturated heterocycles. The highest BCUT2D eigenvalue weighted by atomic mass is 35.5. The first-order valence-electron chi connectivity index (χ1n) is 10.7. The van der Waals surface area contributed by atoms with Crippen LogP contribution in [0.2, 0.25) is 15.1 Å². The fourth-order valence-corrected chi connectivity index (χ4v) is 3.62. The Kier molecular flexibility index (Phi) is 8.13. The van der Waals surface area contributed by atoms with Crippen LogP contribution in [-0.4, -0.2) is 39.7 Å². The molecule has 0 saturated carbocycles. The standard InChI is InChI=1S/C24H26Cl3N5O2/c1-5-31(23(34)28-15-10-11-16(25)18(27)12-15)14-22(33)29-21-13-20(24(2,3)4)30-32(21)19-9-7-6-8-17(19)26/h6-13H,5,14H2,1-4H3,(H,28,34)(H,29,33). The molecule has 0 aliphatic rings. The molecule has 10 heteroatoms. The Morgan fingerprint density at radius 3 is 2.29 bits per heavy atom. The largest absolute Gasteiger partial charge is 0.322 e. The average Bonchev–Trinajstić information content (AvgIpc) is 3.18. The second kappa shape index (κ2) is 10.7. The summed E-state index contributed by atoms with van der Waals surface area (Å²) in [6.07, 6.45) is 0. The lowest BCUT2D eigenvalue weighted by Gasteiger charge is -2.21. The maximum absolute atomic E-state index is 12.9. The summed E-state index contributed by atoms with van der Waals surface area (Å²) in [6.45, 7) is 8.03. The van der Waals surface area contributed by atoms with E-state index in [0.717, 1.165) is 5.69 Å². The molecule has 0 radical (unpaired) electrons. The Morgan fingerprint density at radius 2 is 1.68 bits per heavy atom. The van der Waals surface area contributed by atoms with Crippen LogP contribution >= 0.6 is 34.8 Å². The number of likely N-dealkylation sites (N-methyl/N-ethyl adjacent to an activating group) is 1. The van der Waals surface area contributed by atoms with Crippen LogP contribution in [0.3, 0.4) is 0 Å². The average molecular weight is 523 g/mol. The topological polar surface area (TPSA) is 79.3 Å². The van der Waals surface area contributed by atoms with Crippen molar-refractivity contribution in [2.75, 3.05) is 23.7 Å². The van der Waals surface area contributed by atoms with Gasteiger partial charge in [-0.05, 0) is 37.3 Å². The molecule has 1 heterocycles. The summed E-state index contributed by atoms with van der Waals surface area (Å²) < 4.78 is 1.60. The number of carbonyl (C=O) groups excluding carboxylic acids is 2. The molecular weight excluding hydrogens is 497 g/mol. The first-order valence-corrected chi connectivity index (χ1v) is 11.8. The first-order chi connectivity index (χ1) is 16.0. The molecule has 34 heavy (non-hydrogen) atoms. The van der Waals surface area contributed by atoms with Crippen LogP contribution in [0.15, 0.2) is 48.5 Å². The Bertz CT molecular complexity index is 1200. The molecule has 0 aliphatic carbocycles. The normalized spacial score (nSPS) is 11.3. The second-order valence-electron chi connectivity index (χ2n) is 8.65. The maximum atomic E-state index is 12.9. The summed E-state index contributed by atoms with van der Waals surface area (Å²) in [5.41, 5.74) is 1.65. The minimum absolute atomic E-state index is 0.164. The number of urea groups is 1.